The Morgan fingerprint density at radius 1 is 1.38 bits per heavy atom. The molecule has 0 saturated heterocycles. The van der Waals surface area contributed by atoms with Crippen LogP contribution in [0.25, 0.3) is 0 Å². The van der Waals surface area contributed by atoms with Crippen LogP contribution in [0.4, 0.5) is 11.4 Å². The van der Waals surface area contributed by atoms with Crippen LogP contribution in [0, 0.1) is 13.8 Å². The van der Waals surface area contributed by atoms with Gasteiger partial charge in [-0.3, -0.25) is 9.48 Å². The molecule has 0 aliphatic rings. The van der Waals surface area contributed by atoms with Crippen molar-refractivity contribution >= 4 is 33.2 Å². The molecule has 0 radical (unpaired) electrons. The number of nitrogens with two attached hydrogens (primary N) is 1. The summed E-state index contributed by atoms with van der Waals surface area (Å²) in [5.74, 6) is -0.240. The highest BCUT2D eigenvalue weighted by molar-refractivity contribution is 9.10. The summed E-state index contributed by atoms with van der Waals surface area (Å²) in [6.45, 7) is 5.87. The topological polar surface area (TPSA) is 72.9 Å². The van der Waals surface area contributed by atoms with Crippen LogP contribution in [-0.2, 0) is 13.5 Å². The molecule has 1 aromatic heterocycles. The molecule has 0 saturated carbocycles. The van der Waals surface area contributed by atoms with Gasteiger partial charge in [0.15, 0.2) is 0 Å². The van der Waals surface area contributed by atoms with E-state index in [2.05, 4.69) is 26.3 Å². The van der Waals surface area contributed by atoms with Gasteiger partial charge >= 0.3 is 0 Å². The molecule has 21 heavy (non-hydrogen) atoms. The molecule has 0 aliphatic carbocycles. The number of halogens is 1. The molecule has 6 heteroatoms. The normalized spacial score (nSPS) is 10.7. The third-order valence-corrected chi connectivity index (χ3v) is 3.90. The van der Waals surface area contributed by atoms with E-state index < -0.39 is 0 Å². The van der Waals surface area contributed by atoms with Crippen LogP contribution < -0.4 is 11.1 Å². The Kier molecular flexibility index (Phi) is 4.37. The summed E-state index contributed by atoms with van der Waals surface area (Å²) >= 11 is 3.45. The molecule has 2 aromatic rings. The Morgan fingerprint density at radius 3 is 2.43 bits per heavy atom. The number of nitrogens with zero attached hydrogens (tertiary/aromatic N) is 2. The van der Waals surface area contributed by atoms with Crippen molar-refractivity contribution in [2.75, 3.05) is 11.1 Å². The molecular formula is C15H19BrN4O. The van der Waals surface area contributed by atoms with Crippen molar-refractivity contribution in [2.45, 2.75) is 27.2 Å². The highest BCUT2D eigenvalue weighted by Gasteiger charge is 2.20. The lowest BCUT2D eigenvalue weighted by molar-refractivity contribution is 0.101. The van der Waals surface area contributed by atoms with Gasteiger partial charge in [0.2, 0.25) is 0 Å². The molecule has 3 N–H and O–H groups in total. The fourth-order valence-corrected chi connectivity index (χ4v) is 3.09. The molecule has 112 valence electrons. The molecular weight excluding hydrogens is 332 g/mol. The van der Waals surface area contributed by atoms with Gasteiger partial charge in [-0.2, -0.15) is 5.10 Å². The quantitative estimate of drug-likeness (QED) is 0.892. The Balaban J connectivity index is 2.37. The van der Waals surface area contributed by atoms with E-state index in [-0.39, 0.29) is 5.91 Å². The maximum Gasteiger partial charge on any atom is 0.276 e. The number of aromatic nitrogens is 2. The molecule has 1 aromatic carbocycles. The summed E-state index contributed by atoms with van der Waals surface area (Å²) in [6, 6.07) is 3.93. The summed E-state index contributed by atoms with van der Waals surface area (Å²) in [7, 11) is 1.73. The Morgan fingerprint density at radius 2 is 1.95 bits per heavy atom. The minimum Gasteiger partial charge on any atom is -0.395 e. The maximum absolute atomic E-state index is 12.5. The van der Waals surface area contributed by atoms with Crippen molar-refractivity contribution in [1.82, 2.24) is 9.78 Å². The number of nitrogen functional groups attached to an aromatic ring is 1. The van der Waals surface area contributed by atoms with Crippen LogP contribution in [0.1, 0.15) is 34.2 Å². The van der Waals surface area contributed by atoms with Gasteiger partial charge in [0.25, 0.3) is 5.91 Å². The van der Waals surface area contributed by atoms with Gasteiger partial charge in [-0.15, -0.1) is 0 Å². The molecule has 0 unspecified atom stereocenters. The lowest BCUT2D eigenvalue weighted by atomic mass is 10.1. The van der Waals surface area contributed by atoms with Crippen molar-refractivity contribution in [3.63, 3.8) is 0 Å². The molecule has 0 spiro atoms. The van der Waals surface area contributed by atoms with Crippen LogP contribution in [0.15, 0.2) is 16.6 Å². The predicted molar refractivity (Wildman–Crippen MR) is 88.6 cm³/mol. The van der Waals surface area contributed by atoms with Crippen LogP contribution in [0.2, 0.25) is 0 Å². The van der Waals surface area contributed by atoms with Gasteiger partial charge in [0, 0.05) is 17.2 Å². The van der Waals surface area contributed by atoms with Crippen LogP contribution in [0.5, 0.6) is 0 Å². The van der Waals surface area contributed by atoms with Crippen LogP contribution >= 0.6 is 15.9 Å². The largest absolute Gasteiger partial charge is 0.395 e. The first kappa shape index (κ1) is 15.6. The number of benzene rings is 1. The molecule has 2 rings (SSSR count). The minimum atomic E-state index is -0.240. The monoisotopic (exact) mass is 350 g/mol. The van der Waals surface area contributed by atoms with Gasteiger partial charge in [-0.1, -0.05) is 22.9 Å². The number of nitrogens with one attached hydrogen (secondary N) is 1. The standard InChI is InChI=1S/C15H19BrN4O/c1-5-11-12(17)14(20(4)19-11)15(21)18-13-8(2)6-10(16)7-9(13)3/h6-7H,5,17H2,1-4H3,(H,18,21). The van der Waals surface area contributed by atoms with Crippen molar-refractivity contribution < 1.29 is 4.79 Å². The third kappa shape index (κ3) is 2.95. The summed E-state index contributed by atoms with van der Waals surface area (Å²) < 4.78 is 2.52. The second-order valence-electron chi connectivity index (χ2n) is 5.05. The lowest BCUT2D eigenvalue weighted by Gasteiger charge is -2.12. The number of amides is 1. The van der Waals surface area contributed by atoms with E-state index in [1.54, 1.807) is 7.05 Å². The Hall–Kier alpha value is -1.82. The SMILES string of the molecule is CCc1nn(C)c(C(=O)Nc2c(C)cc(Br)cc2C)c1N. The van der Waals surface area contributed by atoms with Crippen molar-refractivity contribution in [3.8, 4) is 0 Å². The molecule has 5 nitrogen and oxygen atoms in total. The average Bonchev–Trinajstić information content (AvgIpc) is 2.68. The van der Waals surface area contributed by atoms with Gasteiger partial charge < -0.3 is 11.1 Å². The zero-order valence-corrected chi connectivity index (χ0v) is 14.2. The first-order valence-electron chi connectivity index (χ1n) is 6.74. The van der Waals surface area contributed by atoms with Gasteiger partial charge in [0.05, 0.1) is 11.4 Å². The summed E-state index contributed by atoms with van der Waals surface area (Å²) in [5.41, 5.74) is 10.4. The molecule has 0 aliphatic heterocycles. The van der Waals surface area contributed by atoms with Crippen LogP contribution in [0.3, 0.4) is 0 Å². The third-order valence-electron chi connectivity index (χ3n) is 3.45. The summed E-state index contributed by atoms with van der Waals surface area (Å²) in [4.78, 5) is 12.5. The van der Waals surface area contributed by atoms with Crippen molar-refractivity contribution in [3.05, 3.63) is 39.1 Å². The van der Waals surface area contributed by atoms with Gasteiger partial charge in [-0.25, -0.2) is 0 Å². The molecule has 1 amide bonds. The number of hydrogen-bond acceptors (Lipinski definition) is 3. The number of hydrogen-bond donors (Lipinski definition) is 2. The average molecular weight is 351 g/mol. The number of carbonyl (C=O) groups excluding carboxylic acids is 1. The van der Waals surface area contributed by atoms with E-state index in [0.29, 0.717) is 17.8 Å². The number of anilines is 2. The van der Waals surface area contributed by atoms with Crippen LogP contribution in [-0.4, -0.2) is 15.7 Å². The van der Waals surface area contributed by atoms with E-state index in [1.165, 1.54) is 4.68 Å². The minimum absolute atomic E-state index is 0.240. The Labute approximate surface area is 132 Å². The Bertz CT molecular complexity index is 683. The predicted octanol–water partition coefficient (Wildman–Crippen LogP) is 3.20. The summed E-state index contributed by atoms with van der Waals surface area (Å²) in [5, 5.41) is 7.21. The lowest BCUT2D eigenvalue weighted by Crippen LogP contribution is -2.19. The fraction of sp³-hybridized carbons (Fsp3) is 0.333. The van der Waals surface area contributed by atoms with E-state index >= 15 is 0 Å². The molecule has 0 bridgehead atoms. The molecule has 0 atom stereocenters. The molecule has 1 heterocycles. The first-order chi connectivity index (χ1) is 9.85. The second kappa shape index (κ2) is 5.89. The highest BCUT2D eigenvalue weighted by atomic mass is 79.9. The zero-order valence-electron chi connectivity index (χ0n) is 12.6. The number of aryl methyl sites for hydroxylation is 4. The first-order valence-corrected chi connectivity index (χ1v) is 7.53. The van der Waals surface area contributed by atoms with Gasteiger partial charge in [0.1, 0.15) is 5.69 Å². The van der Waals surface area contributed by atoms with Crippen molar-refractivity contribution in [2.24, 2.45) is 7.05 Å². The van der Waals surface area contributed by atoms with E-state index in [0.717, 1.165) is 27.0 Å². The number of rotatable bonds is 3. The zero-order chi connectivity index (χ0) is 15.7. The number of carbonyl (C=O) groups is 1. The van der Waals surface area contributed by atoms with E-state index in [4.69, 9.17) is 5.73 Å². The second-order valence-corrected chi connectivity index (χ2v) is 5.97. The van der Waals surface area contributed by atoms with Gasteiger partial charge in [-0.05, 0) is 43.5 Å². The maximum atomic E-state index is 12.5. The molecule has 0 fully saturated rings. The summed E-state index contributed by atoms with van der Waals surface area (Å²) in [6.07, 6.45) is 0.698. The van der Waals surface area contributed by atoms with E-state index in [1.807, 2.05) is 32.9 Å². The smallest absolute Gasteiger partial charge is 0.276 e. The van der Waals surface area contributed by atoms with E-state index in [9.17, 15) is 4.79 Å². The fourth-order valence-electron chi connectivity index (χ4n) is 2.41. The van der Waals surface area contributed by atoms with Crippen molar-refractivity contribution in [1.29, 1.82) is 0 Å². The highest BCUT2D eigenvalue weighted by Crippen LogP contribution is 2.26.